The molecule has 31 heavy (non-hydrogen) atoms. The molecular weight excluding hydrogens is 497 g/mol. The number of alkyl halides is 6. The lowest BCUT2D eigenvalue weighted by molar-refractivity contribution is -0.140. The normalized spacial score (nSPS) is 13.8. The summed E-state index contributed by atoms with van der Waals surface area (Å²) in [5, 5.41) is 8.29. The molecule has 12 heteroatoms. The Morgan fingerprint density at radius 3 is 2.00 bits per heavy atom. The first-order chi connectivity index (χ1) is 14.2. The number of aromatic carboxylic acids is 1. The van der Waals surface area contributed by atoms with Gasteiger partial charge in [-0.25, -0.2) is 4.79 Å². The lowest BCUT2D eigenvalue weighted by Gasteiger charge is -2.20. The summed E-state index contributed by atoms with van der Waals surface area (Å²) in [7, 11) is 0.958. The Hall–Kier alpha value is -2.10. The summed E-state index contributed by atoms with van der Waals surface area (Å²) in [6.07, 6.45) is -9.44. The van der Waals surface area contributed by atoms with Crippen LogP contribution in [0.5, 0.6) is 0 Å². The minimum Gasteiger partial charge on any atom is -0.496 e. The van der Waals surface area contributed by atoms with Crippen LogP contribution in [0, 0.1) is 0 Å². The number of ether oxygens (including phenoxy) is 1. The maximum absolute atomic E-state index is 13.7. The summed E-state index contributed by atoms with van der Waals surface area (Å²) in [6.45, 7) is 0. The van der Waals surface area contributed by atoms with Crippen LogP contribution in [0.4, 0.5) is 26.3 Å². The van der Waals surface area contributed by atoms with Gasteiger partial charge in [-0.1, -0.05) is 40.9 Å². The second kappa shape index (κ2) is 9.18. The third-order valence-electron chi connectivity index (χ3n) is 4.10. The zero-order valence-corrected chi connectivity index (χ0v) is 17.5. The fourth-order valence-corrected chi connectivity index (χ4v) is 3.30. The van der Waals surface area contributed by atoms with Gasteiger partial charge in [-0.05, 0) is 35.9 Å². The van der Waals surface area contributed by atoms with Crippen molar-refractivity contribution in [2.75, 3.05) is 7.11 Å². The summed E-state index contributed by atoms with van der Waals surface area (Å²) in [5.41, 5.74) is -3.45. The molecule has 0 aliphatic carbocycles. The second-order valence-corrected chi connectivity index (χ2v) is 7.31. The van der Waals surface area contributed by atoms with Gasteiger partial charge in [0.2, 0.25) is 0 Å². The largest absolute Gasteiger partial charge is 0.496 e. The Labute approximate surface area is 186 Å². The Balaban J connectivity index is 2.69. The molecule has 0 saturated heterocycles. The fraction of sp³-hybridized carbons (Fsp3) is 0.211. The lowest BCUT2D eigenvalue weighted by atomic mass is 9.95. The Morgan fingerprint density at radius 1 is 1.03 bits per heavy atom. The van der Waals surface area contributed by atoms with Crippen molar-refractivity contribution in [3.63, 3.8) is 0 Å². The minimum absolute atomic E-state index is 0.164. The molecular formula is C19H11Cl3F6O3. The molecule has 0 fully saturated rings. The van der Waals surface area contributed by atoms with Gasteiger partial charge in [0.25, 0.3) is 0 Å². The van der Waals surface area contributed by atoms with Gasteiger partial charge >= 0.3 is 18.3 Å². The summed E-state index contributed by atoms with van der Waals surface area (Å²) >= 11 is 17.4. The molecule has 0 saturated carbocycles. The van der Waals surface area contributed by atoms with Gasteiger partial charge in [-0.15, -0.1) is 0 Å². The first kappa shape index (κ1) is 25.2. The summed E-state index contributed by atoms with van der Waals surface area (Å²) in [4.78, 5) is 11.1. The standard InChI is InChI=1S/C19H11Cl3F6O3/c1-31-15(8-2-3-10(17(29)30)12(4-8)19(26,27)28)7-11(18(23,24)25)9-5-13(20)16(22)14(21)6-9/h2-7,11H,1H3,(H,29,30). The zero-order valence-electron chi connectivity index (χ0n) is 15.2. The molecule has 2 aromatic rings. The van der Waals surface area contributed by atoms with E-state index >= 15 is 0 Å². The molecule has 2 rings (SSSR count). The molecule has 3 nitrogen and oxygen atoms in total. The van der Waals surface area contributed by atoms with Crippen molar-refractivity contribution in [1.29, 1.82) is 0 Å². The van der Waals surface area contributed by atoms with Crippen molar-refractivity contribution >= 4 is 46.5 Å². The van der Waals surface area contributed by atoms with E-state index in [0.29, 0.717) is 18.2 Å². The second-order valence-electron chi connectivity index (χ2n) is 6.12. The molecule has 0 heterocycles. The van der Waals surface area contributed by atoms with E-state index in [1.165, 1.54) is 0 Å². The third-order valence-corrected chi connectivity index (χ3v) is 5.29. The van der Waals surface area contributed by atoms with E-state index in [2.05, 4.69) is 0 Å². The van der Waals surface area contributed by atoms with Crippen LogP contribution in [0.2, 0.25) is 15.1 Å². The average Bonchev–Trinajstić information content (AvgIpc) is 2.64. The first-order valence-corrected chi connectivity index (χ1v) is 9.22. The van der Waals surface area contributed by atoms with Gasteiger partial charge in [0.1, 0.15) is 11.7 Å². The fourth-order valence-electron chi connectivity index (χ4n) is 2.69. The maximum Gasteiger partial charge on any atom is 0.417 e. The molecule has 168 valence electrons. The Bertz CT molecular complexity index is 1010. The Kier molecular flexibility index (Phi) is 7.45. The van der Waals surface area contributed by atoms with Crippen molar-refractivity contribution in [2.45, 2.75) is 18.3 Å². The van der Waals surface area contributed by atoms with Crippen molar-refractivity contribution in [2.24, 2.45) is 0 Å². The van der Waals surface area contributed by atoms with Crippen molar-refractivity contribution < 1.29 is 41.0 Å². The number of rotatable bonds is 5. The van der Waals surface area contributed by atoms with Crippen LogP contribution in [0.15, 0.2) is 36.4 Å². The van der Waals surface area contributed by atoms with Gasteiger partial charge in [-0.2, -0.15) is 26.3 Å². The van der Waals surface area contributed by atoms with Crippen molar-refractivity contribution in [3.8, 4) is 0 Å². The molecule has 0 aliphatic rings. The maximum atomic E-state index is 13.7. The third kappa shape index (κ3) is 5.78. The highest BCUT2D eigenvalue weighted by atomic mass is 35.5. The average molecular weight is 508 g/mol. The number of carbonyl (C=O) groups is 1. The Morgan fingerprint density at radius 2 is 1.58 bits per heavy atom. The molecule has 2 aromatic carbocycles. The molecule has 0 aliphatic heterocycles. The summed E-state index contributed by atoms with van der Waals surface area (Å²) in [6, 6.07) is 3.78. The van der Waals surface area contributed by atoms with Crippen LogP contribution >= 0.6 is 34.8 Å². The number of methoxy groups -OCH3 is 1. The first-order valence-electron chi connectivity index (χ1n) is 8.08. The molecule has 0 bridgehead atoms. The molecule has 0 aromatic heterocycles. The highest BCUT2D eigenvalue weighted by molar-refractivity contribution is 6.48. The molecule has 1 unspecified atom stereocenters. The molecule has 0 radical (unpaired) electrons. The van der Waals surface area contributed by atoms with Gasteiger partial charge in [0, 0.05) is 5.56 Å². The van der Waals surface area contributed by atoms with E-state index in [-0.39, 0.29) is 15.1 Å². The molecule has 0 amide bonds. The van der Waals surface area contributed by atoms with Crippen LogP contribution in [0.1, 0.15) is 33.0 Å². The van der Waals surface area contributed by atoms with Gasteiger partial charge < -0.3 is 9.84 Å². The van der Waals surface area contributed by atoms with E-state index in [0.717, 1.165) is 25.3 Å². The van der Waals surface area contributed by atoms with Gasteiger partial charge in [0.15, 0.2) is 0 Å². The number of halogens is 9. The molecule has 1 N–H and O–H groups in total. The number of hydrogen-bond donors (Lipinski definition) is 1. The smallest absolute Gasteiger partial charge is 0.417 e. The lowest BCUT2D eigenvalue weighted by Crippen LogP contribution is -2.20. The van der Waals surface area contributed by atoms with E-state index in [1.54, 1.807) is 0 Å². The van der Waals surface area contributed by atoms with E-state index in [4.69, 9.17) is 44.6 Å². The molecule has 1 atom stereocenters. The predicted octanol–water partition coefficient (Wildman–Crippen LogP) is 7.70. The van der Waals surface area contributed by atoms with E-state index in [1.807, 2.05) is 0 Å². The monoisotopic (exact) mass is 506 g/mol. The highest BCUT2D eigenvalue weighted by Gasteiger charge is 2.41. The van der Waals surface area contributed by atoms with Crippen LogP contribution in [0.3, 0.4) is 0 Å². The number of carboxylic acid groups (broad SMARTS) is 1. The SMILES string of the molecule is COC(=CC(c1cc(Cl)c(Cl)c(Cl)c1)C(F)(F)F)c1ccc(C(=O)O)c(C(F)(F)F)c1. The van der Waals surface area contributed by atoms with Crippen LogP contribution in [0.25, 0.3) is 5.76 Å². The quantitative estimate of drug-likeness (QED) is 0.256. The van der Waals surface area contributed by atoms with Crippen molar-refractivity contribution in [3.05, 3.63) is 73.7 Å². The summed E-state index contributed by atoms with van der Waals surface area (Å²) in [5.74, 6) is -4.80. The minimum atomic E-state index is -5.07. The van der Waals surface area contributed by atoms with E-state index < -0.39 is 52.3 Å². The van der Waals surface area contributed by atoms with Crippen LogP contribution in [-0.2, 0) is 10.9 Å². The highest BCUT2D eigenvalue weighted by Crippen LogP contribution is 2.42. The van der Waals surface area contributed by atoms with Crippen LogP contribution < -0.4 is 0 Å². The number of hydrogen-bond acceptors (Lipinski definition) is 2. The van der Waals surface area contributed by atoms with Gasteiger partial charge in [0.05, 0.1) is 33.3 Å². The van der Waals surface area contributed by atoms with Gasteiger partial charge in [-0.3, -0.25) is 0 Å². The predicted molar refractivity (Wildman–Crippen MR) is 104 cm³/mol. The summed E-state index contributed by atoms with van der Waals surface area (Å²) < 4.78 is 85.9. The number of benzene rings is 2. The zero-order chi connectivity index (χ0) is 23.7. The topological polar surface area (TPSA) is 46.5 Å². The molecule has 0 spiro atoms. The van der Waals surface area contributed by atoms with Crippen LogP contribution in [-0.4, -0.2) is 24.4 Å². The van der Waals surface area contributed by atoms with E-state index in [9.17, 15) is 31.1 Å². The van der Waals surface area contributed by atoms with Crippen molar-refractivity contribution in [1.82, 2.24) is 0 Å². The number of carboxylic acids is 1. The number of allylic oxidation sites excluding steroid dienone is 1.